The van der Waals surface area contributed by atoms with Crippen LogP contribution < -0.4 is 15.2 Å². The van der Waals surface area contributed by atoms with Gasteiger partial charge in [0.15, 0.2) is 11.5 Å². The van der Waals surface area contributed by atoms with Gasteiger partial charge in [-0.15, -0.1) is 0 Å². The van der Waals surface area contributed by atoms with Crippen molar-refractivity contribution in [2.45, 2.75) is 13.0 Å². The largest absolute Gasteiger partial charge is 0.493 e. The van der Waals surface area contributed by atoms with Gasteiger partial charge in [0.05, 0.1) is 14.2 Å². The standard InChI is InChI=1S/C10H15NO2/c1-7(11)8-5-4-6-9(12-2)10(8)13-3/h4-7H,11H2,1-3H3/t7-/m0/s1. The molecule has 1 atom stereocenters. The lowest BCUT2D eigenvalue weighted by molar-refractivity contribution is 0.350. The molecule has 13 heavy (non-hydrogen) atoms. The molecule has 0 bridgehead atoms. The van der Waals surface area contributed by atoms with Gasteiger partial charge in [-0.05, 0) is 13.0 Å². The van der Waals surface area contributed by atoms with Crippen molar-refractivity contribution in [3.63, 3.8) is 0 Å². The van der Waals surface area contributed by atoms with Crippen LogP contribution in [0.4, 0.5) is 0 Å². The zero-order valence-corrected chi connectivity index (χ0v) is 8.20. The van der Waals surface area contributed by atoms with Crippen molar-refractivity contribution in [3.05, 3.63) is 23.8 Å². The Balaban J connectivity index is 3.19. The molecule has 0 aromatic heterocycles. The number of rotatable bonds is 3. The fourth-order valence-corrected chi connectivity index (χ4v) is 1.27. The van der Waals surface area contributed by atoms with Crippen molar-refractivity contribution in [1.29, 1.82) is 0 Å². The molecule has 0 saturated carbocycles. The summed E-state index contributed by atoms with van der Waals surface area (Å²) < 4.78 is 10.4. The van der Waals surface area contributed by atoms with E-state index < -0.39 is 0 Å². The molecule has 0 aliphatic rings. The summed E-state index contributed by atoms with van der Waals surface area (Å²) in [6.07, 6.45) is 0. The Hall–Kier alpha value is -1.22. The molecule has 72 valence electrons. The van der Waals surface area contributed by atoms with Crippen LogP contribution in [-0.4, -0.2) is 14.2 Å². The van der Waals surface area contributed by atoms with E-state index in [1.54, 1.807) is 14.2 Å². The number of hydrogen-bond acceptors (Lipinski definition) is 3. The SMILES string of the molecule is COc1cccc([C@H](C)N)c1OC. The van der Waals surface area contributed by atoms with E-state index in [2.05, 4.69) is 0 Å². The van der Waals surface area contributed by atoms with Gasteiger partial charge in [-0.3, -0.25) is 0 Å². The summed E-state index contributed by atoms with van der Waals surface area (Å²) >= 11 is 0. The predicted octanol–water partition coefficient (Wildman–Crippen LogP) is 1.72. The van der Waals surface area contributed by atoms with Gasteiger partial charge in [0.2, 0.25) is 0 Å². The fraction of sp³-hybridized carbons (Fsp3) is 0.400. The quantitative estimate of drug-likeness (QED) is 0.772. The fourth-order valence-electron chi connectivity index (χ4n) is 1.27. The number of ether oxygens (including phenoxy) is 2. The van der Waals surface area contributed by atoms with Gasteiger partial charge in [-0.25, -0.2) is 0 Å². The Morgan fingerprint density at radius 2 is 1.92 bits per heavy atom. The van der Waals surface area contributed by atoms with Crippen LogP contribution in [0, 0.1) is 0 Å². The Morgan fingerprint density at radius 3 is 2.38 bits per heavy atom. The first-order chi connectivity index (χ1) is 6.20. The second-order valence-electron chi connectivity index (χ2n) is 2.87. The van der Waals surface area contributed by atoms with Crippen LogP contribution in [-0.2, 0) is 0 Å². The van der Waals surface area contributed by atoms with Crippen LogP contribution in [0.5, 0.6) is 11.5 Å². The van der Waals surface area contributed by atoms with Crippen molar-refractivity contribution in [1.82, 2.24) is 0 Å². The average Bonchev–Trinajstić information content (AvgIpc) is 2.16. The summed E-state index contributed by atoms with van der Waals surface area (Å²) in [5.74, 6) is 1.44. The highest BCUT2D eigenvalue weighted by Gasteiger charge is 2.11. The second kappa shape index (κ2) is 4.14. The Morgan fingerprint density at radius 1 is 1.23 bits per heavy atom. The minimum Gasteiger partial charge on any atom is -0.493 e. The van der Waals surface area contributed by atoms with Crippen molar-refractivity contribution in [2.75, 3.05) is 14.2 Å². The molecule has 2 N–H and O–H groups in total. The van der Waals surface area contributed by atoms with Gasteiger partial charge in [-0.2, -0.15) is 0 Å². The highest BCUT2D eigenvalue weighted by Crippen LogP contribution is 2.33. The summed E-state index contributed by atoms with van der Waals surface area (Å²) in [6, 6.07) is 5.64. The molecule has 1 aromatic rings. The third-order valence-electron chi connectivity index (χ3n) is 1.92. The molecular formula is C10H15NO2. The minimum absolute atomic E-state index is 0.0509. The van der Waals surface area contributed by atoms with E-state index in [4.69, 9.17) is 15.2 Å². The molecule has 0 radical (unpaired) electrons. The normalized spacial score (nSPS) is 12.3. The topological polar surface area (TPSA) is 44.5 Å². The van der Waals surface area contributed by atoms with Crippen LogP contribution in [0.25, 0.3) is 0 Å². The van der Waals surface area contributed by atoms with E-state index in [1.165, 1.54) is 0 Å². The lowest BCUT2D eigenvalue weighted by atomic mass is 10.1. The number of benzene rings is 1. The van der Waals surface area contributed by atoms with E-state index in [0.717, 1.165) is 17.1 Å². The first-order valence-corrected chi connectivity index (χ1v) is 4.17. The number of para-hydroxylation sites is 1. The van der Waals surface area contributed by atoms with Crippen molar-refractivity contribution < 1.29 is 9.47 Å². The molecule has 3 heteroatoms. The zero-order valence-electron chi connectivity index (χ0n) is 8.20. The molecule has 0 heterocycles. The van der Waals surface area contributed by atoms with Gasteiger partial charge in [-0.1, -0.05) is 12.1 Å². The van der Waals surface area contributed by atoms with E-state index in [-0.39, 0.29) is 6.04 Å². The third kappa shape index (κ3) is 1.92. The third-order valence-corrected chi connectivity index (χ3v) is 1.92. The first kappa shape index (κ1) is 9.86. The maximum atomic E-state index is 5.78. The van der Waals surface area contributed by atoms with E-state index >= 15 is 0 Å². The van der Waals surface area contributed by atoms with Gasteiger partial charge in [0.25, 0.3) is 0 Å². The molecule has 0 spiro atoms. The van der Waals surface area contributed by atoms with Gasteiger partial charge >= 0.3 is 0 Å². The van der Waals surface area contributed by atoms with Crippen molar-refractivity contribution >= 4 is 0 Å². The van der Waals surface area contributed by atoms with Crippen LogP contribution >= 0.6 is 0 Å². The Bertz CT molecular complexity index is 284. The van der Waals surface area contributed by atoms with E-state index in [0.29, 0.717) is 0 Å². The van der Waals surface area contributed by atoms with Crippen molar-refractivity contribution in [2.24, 2.45) is 5.73 Å². The molecule has 0 aliphatic heterocycles. The molecule has 0 saturated heterocycles. The van der Waals surface area contributed by atoms with Crippen LogP contribution in [0.1, 0.15) is 18.5 Å². The number of hydrogen-bond donors (Lipinski definition) is 1. The number of nitrogens with two attached hydrogens (primary N) is 1. The van der Waals surface area contributed by atoms with Gasteiger partial charge in [0, 0.05) is 11.6 Å². The Kier molecular flexibility index (Phi) is 3.14. The zero-order chi connectivity index (χ0) is 9.84. The summed E-state index contributed by atoms with van der Waals surface area (Å²) in [5, 5.41) is 0. The Labute approximate surface area is 78.5 Å². The molecular weight excluding hydrogens is 166 g/mol. The summed E-state index contributed by atoms with van der Waals surface area (Å²) in [6.45, 7) is 1.91. The molecule has 0 amide bonds. The molecule has 0 aliphatic carbocycles. The van der Waals surface area contributed by atoms with E-state index in [9.17, 15) is 0 Å². The highest BCUT2D eigenvalue weighted by molar-refractivity contribution is 5.47. The maximum absolute atomic E-state index is 5.78. The molecule has 0 unspecified atom stereocenters. The van der Waals surface area contributed by atoms with Gasteiger partial charge < -0.3 is 15.2 Å². The monoisotopic (exact) mass is 181 g/mol. The lowest BCUT2D eigenvalue weighted by Crippen LogP contribution is -2.07. The van der Waals surface area contributed by atoms with Crippen LogP contribution in [0.2, 0.25) is 0 Å². The summed E-state index contributed by atoms with van der Waals surface area (Å²) in [7, 11) is 3.23. The van der Waals surface area contributed by atoms with Crippen molar-refractivity contribution in [3.8, 4) is 11.5 Å². The smallest absolute Gasteiger partial charge is 0.165 e. The predicted molar refractivity (Wildman–Crippen MR) is 52.1 cm³/mol. The first-order valence-electron chi connectivity index (χ1n) is 4.17. The lowest BCUT2D eigenvalue weighted by Gasteiger charge is -2.14. The van der Waals surface area contributed by atoms with Crippen LogP contribution in [0.3, 0.4) is 0 Å². The molecule has 1 rings (SSSR count). The second-order valence-corrected chi connectivity index (χ2v) is 2.87. The molecule has 3 nitrogen and oxygen atoms in total. The maximum Gasteiger partial charge on any atom is 0.165 e. The van der Waals surface area contributed by atoms with Gasteiger partial charge in [0.1, 0.15) is 0 Å². The number of methoxy groups -OCH3 is 2. The molecule has 0 fully saturated rings. The average molecular weight is 181 g/mol. The minimum atomic E-state index is -0.0509. The highest BCUT2D eigenvalue weighted by atomic mass is 16.5. The summed E-state index contributed by atoms with van der Waals surface area (Å²) in [5.41, 5.74) is 6.74. The van der Waals surface area contributed by atoms with E-state index in [1.807, 2.05) is 25.1 Å². The van der Waals surface area contributed by atoms with Crippen LogP contribution in [0.15, 0.2) is 18.2 Å². The summed E-state index contributed by atoms with van der Waals surface area (Å²) in [4.78, 5) is 0. The molecule has 1 aromatic carbocycles.